The van der Waals surface area contributed by atoms with Gasteiger partial charge in [-0.05, 0) is 38.6 Å². The highest BCUT2D eigenvalue weighted by Gasteiger charge is 2.33. The first-order valence-corrected chi connectivity index (χ1v) is 4.77. The van der Waals surface area contributed by atoms with Gasteiger partial charge >= 0.3 is 0 Å². The summed E-state index contributed by atoms with van der Waals surface area (Å²) in [7, 11) is 0. The Morgan fingerprint density at radius 1 is 1.45 bits per heavy atom. The summed E-state index contributed by atoms with van der Waals surface area (Å²) in [6.45, 7) is 4.88. The second kappa shape index (κ2) is 2.76. The van der Waals surface area contributed by atoms with Crippen molar-refractivity contribution in [1.82, 2.24) is 4.90 Å². The molecule has 64 valence electrons. The summed E-state index contributed by atoms with van der Waals surface area (Å²) in [6.07, 6.45) is 3.94. The third kappa shape index (κ3) is 1.30. The van der Waals surface area contributed by atoms with E-state index in [4.69, 9.17) is 5.73 Å². The molecule has 2 N–H and O–H groups in total. The van der Waals surface area contributed by atoms with Gasteiger partial charge in [-0.25, -0.2) is 0 Å². The molecule has 2 aliphatic rings. The number of piperidine rings is 2. The van der Waals surface area contributed by atoms with E-state index in [1.165, 1.54) is 32.4 Å². The molecule has 0 saturated carbocycles. The van der Waals surface area contributed by atoms with E-state index in [1.807, 2.05) is 0 Å². The lowest BCUT2D eigenvalue weighted by atomic mass is 9.82. The van der Waals surface area contributed by atoms with Gasteiger partial charge in [0.2, 0.25) is 0 Å². The average molecular weight is 154 g/mol. The van der Waals surface area contributed by atoms with Gasteiger partial charge in [0.1, 0.15) is 0 Å². The summed E-state index contributed by atoms with van der Waals surface area (Å²) in [5.41, 5.74) is 6.05. The first-order valence-electron chi connectivity index (χ1n) is 4.77. The number of hydrogen-bond acceptors (Lipinski definition) is 2. The van der Waals surface area contributed by atoms with E-state index in [-0.39, 0.29) is 0 Å². The van der Waals surface area contributed by atoms with Gasteiger partial charge in [-0.1, -0.05) is 0 Å². The fraction of sp³-hybridized carbons (Fsp3) is 1.00. The minimum absolute atomic E-state index is 0.488. The highest BCUT2D eigenvalue weighted by Crippen LogP contribution is 2.28. The third-order valence-corrected chi connectivity index (χ3v) is 3.33. The normalized spacial score (nSPS) is 50.7. The predicted molar refractivity (Wildman–Crippen MR) is 46.4 cm³/mol. The topological polar surface area (TPSA) is 29.3 Å². The quantitative estimate of drug-likeness (QED) is 0.559. The Morgan fingerprint density at radius 2 is 2.27 bits per heavy atom. The van der Waals surface area contributed by atoms with Crippen LogP contribution >= 0.6 is 0 Å². The Hall–Kier alpha value is -0.0800. The lowest BCUT2D eigenvalue weighted by Gasteiger charge is -2.45. The summed E-state index contributed by atoms with van der Waals surface area (Å²) in [6, 6.07) is 1.23. The smallest absolute Gasteiger partial charge is 0.00941 e. The predicted octanol–water partition coefficient (Wildman–Crippen LogP) is 0.818. The van der Waals surface area contributed by atoms with Gasteiger partial charge in [0.05, 0.1) is 0 Å². The van der Waals surface area contributed by atoms with Gasteiger partial charge in [0.15, 0.2) is 0 Å². The molecule has 2 rings (SSSR count). The molecule has 0 aromatic rings. The molecule has 2 nitrogen and oxygen atoms in total. The van der Waals surface area contributed by atoms with Crippen LogP contribution in [0.25, 0.3) is 0 Å². The maximum atomic E-state index is 6.05. The average Bonchev–Trinajstić information content (AvgIpc) is 2.02. The Morgan fingerprint density at radius 3 is 3.09 bits per heavy atom. The van der Waals surface area contributed by atoms with Gasteiger partial charge in [-0.3, -0.25) is 0 Å². The van der Waals surface area contributed by atoms with Crippen molar-refractivity contribution in [3.63, 3.8) is 0 Å². The van der Waals surface area contributed by atoms with Crippen LogP contribution in [0.3, 0.4) is 0 Å². The zero-order valence-electron chi connectivity index (χ0n) is 7.29. The largest absolute Gasteiger partial charge is 0.327 e. The van der Waals surface area contributed by atoms with E-state index in [2.05, 4.69) is 11.8 Å². The van der Waals surface area contributed by atoms with Crippen LogP contribution in [0.2, 0.25) is 0 Å². The van der Waals surface area contributed by atoms with Crippen LogP contribution in [0, 0.1) is 5.92 Å². The SMILES string of the molecule is CC1CC(N)C2CCCN1C2. The summed E-state index contributed by atoms with van der Waals surface area (Å²) >= 11 is 0. The monoisotopic (exact) mass is 154 g/mol. The second-order valence-corrected chi connectivity index (χ2v) is 4.15. The lowest BCUT2D eigenvalue weighted by Crippen LogP contribution is -2.54. The van der Waals surface area contributed by atoms with Crippen molar-refractivity contribution in [3.8, 4) is 0 Å². The highest BCUT2D eigenvalue weighted by molar-refractivity contribution is 4.90. The molecule has 0 spiro atoms. The van der Waals surface area contributed by atoms with Crippen molar-refractivity contribution in [1.29, 1.82) is 0 Å². The van der Waals surface area contributed by atoms with Crippen LogP contribution in [0.1, 0.15) is 26.2 Å². The molecule has 2 saturated heterocycles. The molecule has 0 radical (unpaired) electrons. The van der Waals surface area contributed by atoms with Crippen LogP contribution < -0.4 is 5.73 Å². The molecule has 0 aromatic heterocycles. The van der Waals surface area contributed by atoms with Crippen LogP contribution in [-0.2, 0) is 0 Å². The summed E-state index contributed by atoms with van der Waals surface area (Å²) in [4.78, 5) is 2.59. The van der Waals surface area contributed by atoms with Crippen molar-refractivity contribution < 1.29 is 0 Å². The standard InChI is InChI=1S/C9H18N2/c1-7-5-9(10)8-3-2-4-11(7)6-8/h7-9H,2-6,10H2,1H3. The molecule has 0 aliphatic carbocycles. The second-order valence-electron chi connectivity index (χ2n) is 4.15. The van der Waals surface area contributed by atoms with Gasteiger partial charge in [-0.15, -0.1) is 0 Å². The molecule has 0 aromatic carbocycles. The molecule has 4 unspecified atom stereocenters. The first-order chi connectivity index (χ1) is 5.27. The van der Waals surface area contributed by atoms with Gasteiger partial charge in [0, 0.05) is 18.6 Å². The Bertz CT molecular complexity index is 132. The molecule has 2 heterocycles. The molecular weight excluding hydrogens is 136 g/mol. The maximum Gasteiger partial charge on any atom is 0.00941 e. The molecular formula is C9H18N2. The van der Waals surface area contributed by atoms with E-state index in [9.17, 15) is 0 Å². The van der Waals surface area contributed by atoms with E-state index < -0.39 is 0 Å². The Balaban J connectivity index is 2.05. The molecule has 2 aliphatic heterocycles. The van der Waals surface area contributed by atoms with E-state index in [0.29, 0.717) is 6.04 Å². The first kappa shape index (κ1) is 7.56. The Labute approximate surface area is 68.7 Å². The number of hydrogen-bond donors (Lipinski definition) is 1. The molecule has 4 atom stereocenters. The zero-order valence-corrected chi connectivity index (χ0v) is 7.29. The van der Waals surface area contributed by atoms with Crippen molar-refractivity contribution >= 4 is 0 Å². The number of rotatable bonds is 0. The fourth-order valence-electron chi connectivity index (χ4n) is 2.53. The fourth-order valence-corrected chi connectivity index (χ4v) is 2.53. The van der Waals surface area contributed by atoms with Gasteiger partial charge < -0.3 is 10.6 Å². The molecule has 2 fully saturated rings. The zero-order chi connectivity index (χ0) is 7.84. The lowest BCUT2D eigenvalue weighted by molar-refractivity contribution is 0.0614. The summed E-state index contributed by atoms with van der Waals surface area (Å²) in [5.74, 6) is 0.806. The molecule has 11 heavy (non-hydrogen) atoms. The molecule has 2 heteroatoms. The number of nitrogens with two attached hydrogens (primary N) is 1. The highest BCUT2D eigenvalue weighted by atomic mass is 15.2. The van der Waals surface area contributed by atoms with Crippen molar-refractivity contribution in [2.75, 3.05) is 13.1 Å². The van der Waals surface area contributed by atoms with Crippen LogP contribution in [-0.4, -0.2) is 30.1 Å². The number of nitrogens with zero attached hydrogens (tertiary/aromatic N) is 1. The summed E-state index contributed by atoms with van der Waals surface area (Å²) in [5, 5.41) is 0. The van der Waals surface area contributed by atoms with Crippen LogP contribution in [0.15, 0.2) is 0 Å². The van der Waals surface area contributed by atoms with Crippen LogP contribution in [0.4, 0.5) is 0 Å². The van der Waals surface area contributed by atoms with Gasteiger partial charge in [0.25, 0.3) is 0 Å². The minimum Gasteiger partial charge on any atom is -0.327 e. The van der Waals surface area contributed by atoms with Crippen LogP contribution in [0.5, 0.6) is 0 Å². The Kier molecular flexibility index (Phi) is 1.90. The van der Waals surface area contributed by atoms with Gasteiger partial charge in [-0.2, -0.15) is 0 Å². The number of fused-ring (bicyclic) bond motifs is 2. The van der Waals surface area contributed by atoms with E-state index in [1.54, 1.807) is 0 Å². The van der Waals surface area contributed by atoms with E-state index in [0.717, 1.165) is 12.0 Å². The molecule has 2 bridgehead atoms. The van der Waals surface area contributed by atoms with Crippen molar-refractivity contribution in [3.05, 3.63) is 0 Å². The minimum atomic E-state index is 0.488. The third-order valence-electron chi connectivity index (χ3n) is 3.33. The maximum absolute atomic E-state index is 6.05. The summed E-state index contributed by atoms with van der Waals surface area (Å²) < 4.78 is 0. The van der Waals surface area contributed by atoms with Crippen molar-refractivity contribution in [2.24, 2.45) is 11.7 Å². The molecule has 0 amide bonds. The van der Waals surface area contributed by atoms with Crippen molar-refractivity contribution in [2.45, 2.75) is 38.3 Å². The van der Waals surface area contributed by atoms with E-state index >= 15 is 0 Å².